The van der Waals surface area contributed by atoms with Crippen molar-refractivity contribution >= 4 is 50.9 Å². The van der Waals surface area contributed by atoms with Crippen molar-refractivity contribution in [2.45, 2.75) is 57.5 Å². The summed E-state index contributed by atoms with van der Waals surface area (Å²) >= 11 is 8.29. The molecule has 1 saturated carbocycles. The lowest BCUT2D eigenvalue weighted by Crippen LogP contribution is -2.48. The molecule has 0 radical (unpaired) electrons. The van der Waals surface area contributed by atoms with Gasteiger partial charge in [-0.3, -0.25) is 14.7 Å². The number of halogens is 1. The molecule has 1 aromatic carbocycles. The summed E-state index contributed by atoms with van der Waals surface area (Å²) in [5, 5.41) is 6.76. The first-order chi connectivity index (χ1) is 16.0. The number of benzene rings is 1. The molecule has 1 saturated heterocycles. The summed E-state index contributed by atoms with van der Waals surface area (Å²) in [6, 6.07) is 7.22. The second-order valence-corrected chi connectivity index (χ2v) is 11.1. The highest BCUT2D eigenvalue weighted by molar-refractivity contribution is 8.14. The lowest BCUT2D eigenvalue weighted by molar-refractivity contribution is -0.130. The number of piperazine rings is 1. The van der Waals surface area contributed by atoms with Crippen molar-refractivity contribution in [2.24, 2.45) is 4.99 Å². The second kappa shape index (κ2) is 10.3. The molecular weight excluding hydrogens is 454 g/mol. The molecule has 1 unspecified atom stereocenters. The molecule has 3 aliphatic rings. The predicted octanol–water partition coefficient (Wildman–Crippen LogP) is 4.98. The van der Waals surface area contributed by atoms with E-state index in [9.17, 15) is 4.79 Å². The Hall–Kier alpha value is -1.70. The number of anilines is 1. The third kappa shape index (κ3) is 5.52. The van der Waals surface area contributed by atoms with E-state index in [1.54, 1.807) is 6.92 Å². The zero-order valence-electron chi connectivity index (χ0n) is 19.4. The molecule has 1 amide bonds. The van der Waals surface area contributed by atoms with Gasteiger partial charge in [0.05, 0.1) is 22.9 Å². The number of aliphatic imine (C=N–C) groups is 1. The highest BCUT2D eigenvalue weighted by Crippen LogP contribution is 2.33. The number of nitrogens with one attached hydrogen (secondary N) is 2. The monoisotopic (exact) mass is 487 g/mol. The zero-order valence-corrected chi connectivity index (χ0v) is 21.0. The number of aromatic amines is 1. The Morgan fingerprint density at radius 3 is 2.76 bits per heavy atom. The van der Waals surface area contributed by atoms with E-state index < -0.39 is 0 Å². The standard InChI is InChI=1S/C25H34ClN5OS/c1-17(32)31-11-9-30(10-12-31)8-4-7-21-16-33-25(28-21)23-14-18-13-19(26)15-22(24(18)29-23)27-20-5-2-3-6-20/h13-15,20-21,27,29H,2-12,16H2,1H3. The summed E-state index contributed by atoms with van der Waals surface area (Å²) in [4.78, 5) is 24.6. The SMILES string of the molecule is CC(=O)N1CCN(CCCC2CSC(c3cc4cc(Cl)cc(NC5CCCC5)c4[nH]3)=N2)CC1. The first kappa shape index (κ1) is 23.1. The second-order valence-electron chi connectivity index (χ2n) is 9.62. The largest absolute Gasteiger partial charge is 0.381 e. The number of aromatic nitrogens is 1. The molecule has 5 rings (SSSR count). The van der Waals surface area contributed by atoms with Crippen LogP contribution in [-0.2, 0) is 4.79 Å². The van der Waals surface area contributed by atoms with Gasteiger partial charge in [0.2, 0.25) is 5.91 Å². The summed E-state index contributed by atoms with van der Waals surface area (Å²) < 4.78 is 0. The van der Waals surface area contributed by atoms with Crippen LogP contribution in [0.2, 0.25) is 5.02 Å². The first-order valence-electron chi connectivity index (χ1n) is 12.3. The smallest absolute Gasteiger partial charge is 0.219 e. The van der Waals surface area contributed by atoms with E-state index in [0.717, 1.165) is 83.7 Å². The van der Waals surface area contributed by atoms with Gasteiger partial charge in [-0.1, -0.05) is 24.4 Å². The molecule has 1 aliphatic carbocycles. The Bertz CT molecular complexity index is 1020. The molecule has 0 spiro atoms. The van der Waals surface area contributed by atoms with Crippen LogP contribution in [0.15, 0.2) is 23.2 Å². The summed E-state index contributed by atoms with van der Waals surface area (Å²) in [5.74, 6) is 1.25. The van der Waals surface area contributed by atoms with E-state index in [1.165, 1.54) is 25.7 Å². The number of fused-ring (bicyclic) bond motifs is 1. The minimum absolute atomic E-state index is 0.195. The summed E-state index contributed by atoms with van der Waals surface area (Å²) in [5.41, 5.74) is 3.35. The van der Waals surface area contributed by atoms with Crippen molar-refractivity contribution in [3.63, 3.8) is 0 Å². The fourth-order valence-corrected chi connectivity index (χ4v) is 6.58. The molecule has 0 bridgehead atoms. The van der Waals surface area contributed by atoms with E-state index in [4.69, 9.17) is 16.6 Å². The van der Waals surface area contributed by atoms with Crippen molar-refractivity contribution < 1.29 is 4.79 Å². The van der Waals surface area contributed by atoms with Crippen LogP contribution in [0, 0.1) is 0 Å². The van der Waals surface area contributed by atoms with E-state index in [-0.39, 0.29) is 5.91 Å². The lowest BCUT2D eigenvalue weighted by atomic mass is 10.1. The predicted molar refractivity (Wildman–Crippen MR) is 140 cm³/mol. The van der Waals surface area contributed by atoms with Crippen LogP contribution >= 0.6 is 23.4 Å². The molecule has 2 fully saturated rings. The minimum atomic E-state index is 0.195. The average molecular weight is 488 g/mol. The van der Waals surface area contributed by atoms with Crippen LogP contribution in [0.3, 0.4) is 0 Å². The molecule has 6 nitrogen and oxygen atoms in total. The molecule has 33 heavy (non-hydrogen) atoms. The van der Waals surface area contributed by atoms with Crippen molar-refractivity contribution in [1.82, 2.24) is 14.8 Å². The Morgan fingerprint density at radius 2 is 2.00 bits per heavy atom. The Kier molecular flexibility index (Phi) is 7.18. The van der Waals surface area contributed by atoms with Gasteiger partial charge in [0, 0.05) is 55.3 Å². The molecule has 1 aromatic heterocycles. The van der Waals surface area contributed by atoms with Crippen LogP contribution in [-0.4, -0.2) is 76.3 Å². The molecule has 2 aliphatic heterocycles. The van der Waals surface area contributed by atoms with Gasteiger partial charge in [0.25, 0.3) is 0 Å². The van der Waals surface area contributed by atoms with Gasteiger partial charge >= 0.3 is 0 Å². The Labute approximate surface area is 205 Å². The van der Waals surface area contributed by atoms with Gasteiger partial charge in [0.15, 0.2) is 0 Å². The molecular formula is C25H34ClN5OS. The van der Waals surface area contributed by atoms with Crippen molar-refractivity contribution in [2.75, 3.05) is 43.8 Å². The Morgan fingerprint density at radius 1 is 1.21 bits per heavy atom. The van der Waals surface area contributed by atoms with Crippen molar-refractivity contribution in [3.8, 4) is 0 Å². The molecule has 8 heteroatoms. The van der Waals surface area contributed by atoms with Gasteiger partial charge in [0.1, 0.15) is 5.04 Å². The van der Waals surface area contributed by atoms with Gasteiger partial charge in [-0.25, -0.2) is 0 Å². The molecule has 178 valence electrons. The summed E-state index contributed by atoms with van der Waals surface area (Å²) in [6.45, 7) is 6.46. The lowest BCUT2D eigenvalue weighted by Gasteiger charge is -2.34. The maximum atomic E-state index is 11.5. The first-order valence-corrected chi connectivity index (χ1v) is 13.7. The minimum Gasteiger partial charge on any atom is -0.381 e. The number of hydrogen-bond donors (Lipinski definition) is 2. The number of rotatable bonds is 7. The zero-order chi connectivity index (χ0) is 22.8. The third-order valence-corrected chi connectivity index (χ3v) is 8.55. The fourth-order valence-electron chi connectivity index (χ4n) is 5.27. The Balaban J connectivity index is 1.18. The molecule has 1 atom stereocenters. The summed E-state index contributed by atoms with van der Waals surface area (Å²) in [7, 11) is 0. The number of carbonyl (C=O) groups is 1. The van der Waals surface area contributed by atoms with E-state index in [0.29, 0.717) is 12.1 Å². The third-order valence-electron chi connectivity index (χ3n) is 7.18. The molecule has 2 aromatic rings. The van der Waals surface area contributed by atoms with Crippen molar-refractivity contribution in [3.05, 3.63) is 28.9 Å². The normalized spacial score (nSPS) is 22.3. The highest BCUT2D eigenvalue weighted by Gasteiger charge is 2.23. The number of amides is 1. The topological polar surface area (TPSA) is 63.7 Å². The van der Waals surface area contributed by atoms with Crippen LogP contribution in [0.5, 0.6) is 0 Å². The number of carbonyl (C=O) groups excluding carboxylic acids is 1. The fraction of sp³-hybridized carbons (Fsp3) is 0.600. The van der Waals surface area contributed by atoms with Crippen LogP contribution in [0.25, 0.3) is 10.9 Å². The van der Waals surface area contributed by atoms with Gasteiger partial charge in [-0.15, -0.1) is 11.8 Å². The van der Waals surface area contributed by atoms with Crippen molar-refractivity contribution in [1.29, 1.82) is 0 Å². The van der Waals surface area contributed by atoms with Gasteiger partial charge in [-0.05, 0) is 50.4 Å². The number of nitrogens with zero attached hydrogens (tertiary/aromatic N) is 3. The molecule has 2 N–H and O–H groups in total. The van der Waals surface area contributed by atoms with E-state index in [1.807, 2.05) is 28.8 Å². The average Bonchev–Trinajstić information content (AvgIpc) is 3.55. The van der Waals surface area contributed by atoms with E-state index >= 15 is 0 Å². The van der Waals surface area contributed by atoms with Gasteiger partial charge in [-0.2, -0.15) is 0 Å². The highest BCUT2D eigenvalue weighted by atomic mass is 35.5. The van der Waals surface area contributed by atoms with Crippen LogP contribution in [0.4, 0.5) is 5.69 Å². The number of hydrogen-bond acceptors (Lipinski definition) is 5. The number of thioether (sulfide) groups is 1. The maximum absolute atomic E-state index is 11.5. The van der Waals surface area contributed by atoms with Crippen LogP contribution in [0.1, 0.15) is 51.1 Å². The quantitative estimate of drug-likeness (QED) is 0.578. The molecule has 3 heterocycles. The maximum Gasteiger partial charge on any atom is 0.219 e. The van der Waals surface area contributed by atoms with E-state index in [2.05, 4.69) is 21.3 Å². The number of H-pyrrole nitrogens is 1. The van der Waals surface area contributed by atoms with Gasteiger partial charge < -0.3 is 15.2 Å². The van der Waals surface area contributed by atoms with Crippen LogP contribution < -0.4 is 5.32 Å². The summed E-state index contributed by atoms with van der Waals surface area (Å²) in [6.07, 6.45) is 7.35.